The molecule has 0 aromatic carbocycles. The molecule has 100 valence electrons. The monoisotopic (exact) mass is 255 g/mol. The SMILES string of the molecule is CCC1(CC)CCc2c(c(C)c3ccccn23)C1=O. The van der Waals surface area contributed by atoms with Crippen LogP contribution in [0.4, 0.5) is 0 Å². The summed E-state index contributed by atoms with van der Waals surface area (Å²) in [5.41, 5.74) is 4.44. The Balaban J connectivity index is 2.28. The van der Waals surface area contributed by atoms with Crippen LogP contribution in [-0.2, 0) is 6.42 Å². The number of carbonyl (C=O) groups is 1. The van der Waals surface area contributed by atoms with Crippen molar-refractivity contribution in [1.29, 1.82) is 0 Å². The average molecular weight is 255 g/mol. The number of Topliss-reactive ketones (excluding diaryl/α,β-unsaturated/α-hetero) is 1. The van der Waals surface area contributed by atoms with Crippen LogP contribution in [0.2, 0.25) is 0 Å². The minimum absolute atomic E-state index is 0.122. The first-order chi connectivity index (χ1) is 9.14. The van der Waals surface area contributed by atoms with Gasteiger partial charge in [-0.25, -0.2) is 0 Å². The van der Waals surface area contributed by atoms with Crippen LogP contribution in [0.3, 0.4) is 0 Å². The molecule has 1 aliphatic rings. The molecule has 0 spiro atoms. The number of pyridine rings is 1. The van der Waals surface area contributed by atoms with Crippen molar-refractivity contribution in [2.24, 2.45) is 5.41 Å². The molecule has 0 saturated carbocycles. The smallest absolute Gasteiger partial charge is 0.171 e. The molecule has 0 aliphatic heterocycles. The Morgan fingerprint density at radius 2 is 2.00 bits per heavy atom. The fourth-order valence-corrected chi connectivity index (χ4v) is 3.66. The van der Waals surface area contributed by atoms with Crippen LogP contribution in [0.25, 0.3) is 5.52 Å². The molecular weight excluding hydrogens is 234 g/mol. The molecule has 0 saturated heterocycles. The largest absolute Gasteiger partial charge is 0.320 e. The van der Waals surface area contributed by atoms with Gasteiger partial charge in [-0.3, -0.25) is 4.79 Å². The first kappa shape index (κ1) is 12.5. The summed E-state index contributed by atoms with van der Waals surface area (Å²) in [7, 11) is 0. The maximum atomic E-state index is 13.0. The van der Waals surface area contributed by atoms with E-state index in [1.807, 2.05) is 12.1 Å². The molecule has 0 unspecified atom stereocenters. The fraction of sp³-hybridized carbons (Fsp3) is 0.471. The Morgan fingerprint density at radius 1 is 1.26 bits per heavy atom. The number of aromatic nitrogens is 1. The zero-order chi connectivity index (χ0) is 13.6. The summed E-state index contributed by atoms with van der Waals surface area (Å²) in [4.78, 5) is 13.0. The fourth-order valence-electron chi connectivity index (χ4n) is 3.66. The van der Waals surface area contributed by atoms with Gasteiger partial charge in [-0.2, -0.15) is 0 Å². The van der Waals surface area contributed by atoms with E-state index in [1.165, 1.54) is 11.2 Å². The van der Waals surface area contributed by atoms with Gasteiger partial charge in [-0.1, -0.05) is 19.9 Å². The molecule has 19 heavy (non-hydrogen) atoms. The van der Waals surface area contributed by atoms with Crippen LogP contribution < -0.4 is 0 Å². The molecule has 0 bridgehead atoms. The van der Waals surface area contributed by atoms with E-state index in [-0.39, 0.29) is 5.41 Å². The molecule has 2 heteroatoms. The number of rotatable bonds is 2. The van der Waals surface area contributed by atoms with Gasteiger partial charge in [-0.05, 0) is 50.3 Å². The molecule has 3 rings (SSSR count). The highest BCUT2D eigenvalue weighted by atomic mass is 16.1. The number of hydrogen-bond acceptors (Lipinski definition) is 1. The van der Waals surface area contributed by atoms with Crippen molar-refractivity contribution in [3.8, 4) is 0 Å². The van der Waals surface area contributed by atoms with Gasteiger partial charge < -0.3 is 4.40 Å². The molecule has 0 amide bonds. The van der Waals surface area contributed by atoms with Crippen molar-refractivity contribution in [2.45, 2.75) is 46.5 Å². The van der Waals surface area contributed by atoms with Crippen LogP contribution in [-0.4, -0.2) is 10.2 Å². The van der Waals surface area contributed by atoms with Gasteiger partial charge in [0.1, 0.15) is 0 Å². The summed E-state index contributed by atoms with van der Waals surface area (Å²) in [6.07, 6.45) is 5.99. The average Bonchev–Trinajstić information content (AvgIpc) is 2.74. The summed E-state index contributed by atoms with van der Waals surface area (Å²) < 4.78 is 2.21. The Morgan fingerprint density at radius 3 is 2.68 bits per heavy atom. The molecule has 2 heterocycles. The second kappa shape index (κ2) is 4.22. The maximum Gasteiger partial charge on any atom is 0.171 e. The van der Waals surface area contributed by atoms with E-state index in [2.05, 4.69) is 37.4 Å². The molecule has 0 N–H and O–H groups in total. The third-order valence-corrected chi connectivity index (χ3v) is 5.10. The number of fused-ring (bicyclic) bond motifs is 3. The highest BCUT2D eigenvalue weighted by Crippen LogP contribution is 2.43. The second-order valence-corrected chi connectivity index (χ2v) is 5.72. The van der Waals surface area contributed by atoms with E-state index in [4.69, 9.17) is 0 Å². The second-order valence-electron chi connectivity index (χ2n) is 5.72. The summed E-state index contributed by atoms with van der Waals surface area (Å²) in [6, 6.07) is 6.20. The Bertz CT molecular complexity index is 647. The van der Waals surface area contributed by atoms with Gasteiger partial charge in [0.05, 0.1) is 0 Å². The van der Waals surface area contributed by atoms with E-state index in [9.17, 15) is 4.79 Å². The lowest BCUT2D eigenvalue weighted by Gasteiger charge is -2.34. The molecule has 0 fully saturated rings. The molecule has 2 nitrogen and oxygen atoms in total. The Hall–Kier alpha value is -1.57. The number of hydrogen-bond donors (Lipinski definition) is 0. The minimum Gasteiger partial charge on any atom is -0.320 e. The highest BCUT2D eigenvalue weighted by Gasteiger charge is 2.41. The van der Waals surface area contributed by atoms with Gasteiger partial charge in [0, 0.05) is 28.4 Å². The highest BCUT2D eigenvalue weighted by molar-refractivity contribution is 6.05. The van der Waals surface area contributed by atoms with E-state index in [0.717, 1.165) is 36.8 Å². The molecule has 2 aromatic rings. The van der Waals surface area contributed by atoms with Crippen molar-refractivity contribution in [3.05, 3.63) is 41.2 Å². The molecular formula is C17H21NO. The molecule has 1 aliphatic carbocycles. The van der Waals surface area contributed by atoms with Gasteiger partial charge in [0.25, 0.3) is 0 Å². The number of nitrogens with zero attached hydrogens (tertiary/aromatic N) is 1. The van der Waals surface area contributed by atoms with Crippen LogP contribution in [0.15, 0.2) is 24.4 Å². The Kier molecular flexibility index (Phi) is 2.77. The normalized spacial score (nSPS) is 17.7. The predicted octanol–water partition coefficient (Wildman–Crippen LogP) is 4.18. The summed E-state index contributed by atoms with van der Waals surface area (Å²) in [6.45, 7) is 6.39. The van der Waals surface area contributed by atoms with Crippen molar-refractivity contribution in [3.63, 3.8) is 0 Å². The third-order valence-electron chi connectivity index (χ3n) is 5.10. The van der Waals surface area contributed by atoms with E-state index in [1.54, 1.807) is 0 Å². The molecule has 0 atom stereocenters. The zero-order valence-electron chi connectivity index (χ0n) is 12.0. The van der Waals surface area contributed by atoms with Crippen molar-refractivity contribution in [1.82, 2.24) is 4.40 Å². The van der Waals surface area contributed by atoms with Crippen LogP contribution in [0.1, 0.15) is 54.7 Å². The van der Waals surface area contributed by atoms with E-state index in [0.29, 0.717) is 5.78 Å². The van der Waals surface area contributed by atoms with Gasteiger partial charge in [0.15, 0.2) is 5.78 Å². The van der Waals surface area contributed by atoms with Crippen molar-refractivity contribution < 1.29 is 4.79 Å². The van der Waals surface area contributed by atoms with Gasteiger partial charge in [-0.15, -0.1) is 0 Å². The van der Waals surface area contributed by atoms with E-state index < -0.39 is 0 Å². The number of carbonyl (C=O) groups excluding carboxylic acids is 1. The lowest BCUT2D eigenvalue weighted by Crippen LogP contribution is -2.35. The van der Waals surface area contributed by atoms with Crippen LogP contribution >= 0.6 is 0 Å². The van der Waals surface area contributed by atoms with Gasteiger partial charge >= 0.3 is 0 Å². The van der Waals surface area contributed by atoms with Crippen molar-refractivity contribution >= 4 is 11.3 Å². The van der Waals surface area contributed by atoms with Crippen LogP contribution in [0, 0.1) is 12.3 Å². The van der Waals surface area contributed by atoms with Crippen LogP contribution in [0.5, 0.6) is 0 Å². The summed E-state index contributed by atoms with van der Waals surface area (Å²) in [5, 5.41) is 0. The van der Waals surface area contributed by atoms with Crippen molar-refractivity contribution in [2.75, 3.05) is 0 Å². The zero-order valence-corrected chi connectivity index (χ0v) is 12.0. The molecule has 0 radical (unpaired) electrons. The lowest BCUT2D eigenvalue weighted by atomic mass is 9.68. The predicted molar refractivity (Wildman–Crippen MR) is 77.8 cm³/mol. The standard InChI is InChI=1S/C17H21NO/c1-4-17(5-2)10-9-14-15(16(17)19)12(3)13-8-6-7-11-18(13)14/h6-8,11H,4-5,9-10H2,1-3H3. The molecule has 2 aromatic heterocycles. The first-order valence-electron chi connectivity index (χ1n) is 7.28. The quantitative estimate of drug-likeness (QED) is 0.788. The topological polar surface area (TPSA) is 21.5 Å². The van der Waals surface area contributed by atoms with Gasteiger partial charge in [0.2, 0.25) is 0 Å². The minimum atomic E-state index is -0.122. The third kappa shape index (κ3) is 1.52. The number of aryl methyl sites for hydroxylation is 2. The Labute approximate surface area is 114 Å². The number of ketones is 1. The summed E-state index contributed by atoms with van der Waals surface area (Å²) >= 11 is 0. The van der Waals surface area contributed by atoms with E-state index >= 15 is 0 Å². The summed E-state index contributed by atoms with van der Waals surface area (Å²) in [5.74, 6) is 0.375. The first-order valence-corrected chi connectivity index (χ1v) is 7.28. The maximum absolute atomic E-state index is 13.0. The lowest BCUT2D eigenvalue weighted by molar-refractivity contribution is 0.0736.